The predicted molar refractivity (Wildman–Crippen MR) is 89.6 cm³/mol. The van der Waals surface area contributed by atoms with Crippen LogP contribution in [-0.2, 0) is 6.54 Å². The molecule has 3 aromatic rings. The van der Waals surface area contributed by atoms with Crippen LogP contribution in [0.2, 0.25) is 0 Å². The molecule has 0 spiro atoms. The van der Waals surface area contributed by atoms with Crippen LogP contribution in [0.3, 0.4) is 0 Å². The normalized spacial score (nSPS) is 11.7. The van der Waals surface area contributed by atoms with Gasteiger partial charge in [-0.2, -0.15) is 4.99 Å². The Bertz CT molecular complexity index is 1060. The molecule has 0 atom stereocenters. The van der Waals surface area contributed by atoms with Gasteiger partial charge in [-0.3, -0.25) is 4.79 Å². The summed E-state index contributed by atoms with van der Waals surface area (Å²) in [5.74, 6) is 0.0604. The number of aryl methyl sites for hydroxylation is 1. The third kappa shape index (κ3) is 2.99. The molecule has 24 heavy (non-hydrogen) atoms. The van der Waals surface area contributed by atoms with E-state index < -0.39 is 17.5 Å². The second-order valence-corrected chi connectivity index (χ2v) is 6.20. The third-order valence-corrected chi connectivity index (χ3v) is 4.49. The topological polar surface area (TPSA) is 34.4 Å². The van der Waals surface area contributed by atoms with E-state index in [-0.39, 0.29) is 12.1 Å². The first kappa shape index (κ1) is 16.1. The Morgan fingerprint density at radius 2 is 2.08 bits per heavy atom. The van der Waals surface area contributed by atoms with Crippen LogP contribution < -0.4 is 4.80 Å². The lowest BCUT2D eigenvalue weighted by Gasteiger charge is -2.01. The van der Waals surface area contributed by atoms with Gasteiger partial charge in [0.15, 0.2) is 4.80 Å². The van der Waals surface area contributed by atoms with Crippen LogP contribution in [0.5, 0.6) is 0 Å². The first-order chi connectivity index (χ1) is 11.5. The van der Waals surface area contributed by atoms with Gasteiger partial charge >= 0.3 is 0 Å². The Hall–Kier alpha value is -2.78. The minimum atomic E-state index is -0.941. The van der Waals surface area contributed by atoms with Gasteiger partial charge in [0.2, 0.25) is 0 Å². The molecule has 2 aromatic carbocycles. The monoisotopic (exact) mass is 342 g/mol. The van der Waals surface area contributed by atoms with Gasteiger partial charge in [0.05, 0.1) is 22.3 Å². The summed E-state index contributed by atoms with van der Waals surface area (Å²) < 4.78 is 29.4. The number of rotatable bonds is 2. The lowest BCUT2D eigenvalue weighted by Crippen LogP contribution is -2.17. The molecule has 1 heterocycles. The van der Waals surface area contributed by atoms with E-state index >= 15 is 0 Å². The van der Waals surface area contributed by atoms with Crippen molar-refractivity contribution in [2.24, 2.45) is 4.99 Å². The fourth-order valence-electron chi connectivity index (χ4n) is 2.32. The molecule has 0 aliphatic heterocycles. The minimum absolute atomic E-state index is 0.237. The van der Waals surface area contributed by atoms with Crippen molar-refractivity contribution in [3.8, 4) is 12.3 Å². The lowest BCUT2D eigenvalue weighted by atomic mass is 10.2. The predicted octanol–water partition coefficient (Wildman–Crippen LogP) is 3.66. The number of carbonyl (C=O) groups excluding carboxylic acids is 1. The van der Waals surface area contributed by atoms with Gasteiger partial charge in [0.1, 0.15) is 11.6 Å². The number of amides is 1. The number of terminal acetylenes is 1. The second kappa shape index (κ2) is 6.38. The Morgan fingerprint density at radius 3 is 2.79 bits per heavy atom. The number of benzene rings is 2. The van der Waals surface area contributed by atoms with Crippen molar-refractivity contribution in [3.63, 3.8) is 0 Å². The molecular weight excluding hydrogens is 330 g/mol. The van der Waals surface area contributed by atoms with E-state index in [0.29, 0.717) is 10.9 Å². The molecule has 1 amide bonds. The van der Waals surface area contributed by atoms with E-state index in [9.17, 15) is 13.6 Å². The molecule has 3 nitrogen and oxygen atoms in total. The summed E-state index contributed by atoms with van der Waals surface area (Å²) in [5, 5.41) is 0. The molecular formula is C18H12F2N2OS. The largest absolute Gasteiger partial charge is 0.305 e. The van der Waals surface area contributed by atoms with Gasteiger partial charge in [0.25, 0.3) is 5.91 Å². The number of fused-ring (bicyclic) bond motifs is 1. The fraction of sp³-hybridized carbons (Fsp3) is 0.111. The maximum atomic E-state index is 13.8. The molecule has 3 rings (SSSR count). The van der Waals surface area contributed by atoms with E-state index in [4.69, 9.17) is 6.42 Å². The average molecular weight is 342 g/mol. The van der Waals surface area contributed by atoms with E-state index in [2.05, 4.69) is 10.9 Å². The summed E-state index contributed by atoms with van der Waals surface area (Å²) >= 11 is 1.29. The number of hydrogen-bond donors (Lipinski definition) is 0. The van der Waals surface area contributed by atoms with Crippen LogP contribution in [0.1, 0.15) is 15.9 Å². The summed E-state index contributed by atoms with van der Waals surface area (Å²) in [5.41, 5.74) is 1.64. The van der Waals surface area contributed by atoms with Crippen molar-refractivity contribution in [1.82, 2.24) is 4.57 Å². The molecule has 0 bridgehead atoms. The molecule has 0 fully saturated rings. The minimum Gasteiger partial charge on any atom is -0.305 e. The first-order valence-electron chi connectivity index (χ1n) is 7.07. The number of halogens is 2. The summed E-state index contributed by atoms with van der Waals surface area (Å²) in [4.78, 5) is 16.6. The lowest BCUT2D eigenvalue weighted by molar-refractivity contribution is 0.0994. The summed E-state index contributed by atoms with van der Waals surface area (Å²) in [6, 6.07) is 8.57. The highest BCUT2D eigenvalue weighted by molar-refractivity contribution is 7.16. The Labute approximate surface area is 140 Å². The third-order valence-electron chi connectivity index (χ3n) is 3.45. The first-order valence-corrected chi connectivity index (χ1v) is 7.89. The average Bonchev–Trinajstić information content (AvgIpc) is 2.84. The molecule has 1 aromatic heterocycles. The molecule has 6 heteroatoms. The number of carbonyl (C=O) groups is 1. The van der Waals surface area contributed by atoms with Crippen LogP contribution in [0.15, 0.2) is 41.4 Å². The van der Waals surface area contributed by atoms with Crippen LogP contribution >= 0.6 is 11.3 Å². The van der Waals surface area contributed by atoms with Crippen LogP contribution in [0, 0.1) is 30.9 Å². The Kier molecular flexibility index (Phi) is 4.28. The Balaban J connectivity index is 2.17. The van der Waals surface area contributed by atoms with Crippen molar-refractivity contribution < 1.29 is 13.6 Å². The van der Waals surface area contributed by atoms with Gasteiger partial charge in [-0.05, 0) is 36.8 Å². The summed E-state index contributed by atoms with van der Waals surface area (Å²) in [7, 11) is 0. The van der Waals surface area contributed by atoms with Gasteiger partial charge < -0.3 is 4.57 Å². The van der Waals surface area contributed by atoms with E-state index in [1.165, 1.54) is 11.3 Å². The Morgan fingerprint density at radius 1 is 1.29 bits per heavy atom. The molecule has 0 saturated carbocycles. The fourth-order valence-corrected chi connectivity index (χ4v) is 3.45. The molecule has 0 aliphatic carbocycles. The molecule has 0 saturated heterocycles. The number of aromatic nitrogens is 1. The van der Waals surface area contributed by atoms with Crippen molar-refractivity contribution in [2.45, 2.75) is 13.5 Å². The molecule has 0 aliphatic rings. The summed E-state index contributed by atoms with van der Waals surface area (Å²) in [6.45, 7) is 2.20. The SMILES string of the molecule is C#CCn1c(=NC(=O)c2ccc(F)cc2F)sc2cc(C)ccc21. The van der Waals surface area contributed by atoms with E-state index in [1.807, 2.05) is 25.1 Å². The number of hydrogen-bond acceptors (Lipinski definition) is 2. The second-order valence-electron chi connectivity index (χ2n) is 5.19. The van der Waals surface area contributed by atoms with Crippen molar-refractivity contribution in [2.75, 3.05) is 0 Å². The van der Waals surface area contributed by atoms with Crippen molar-refractivity contribution >= 4 is 27.5 Å². The smallest absolute Gasteiger partial charge is 0.282 e. The zero-order valence-corrected chi connectivity index (χ0v) is 13.5. The molecule has 120 valence electrons. The van der Waals surface area contributed by atoms with Gasteiger partial charge in [-0.15, -0.1) is 6.42 Å². The molecule has 0 radical (unpaired) electrons. The summed E-state index contributed by atoms with van der Waals surface area (Å²) in [6.07, 6.45) is 5.40. The quantitative estimate of drug-likeness (QED) is 0.655. The van der Waals surface area contributed by atoms with Gasteiger partial charge in [-0.1, -0.05) is 23.3 Å². The van der Waals surface area contributed by atoms with E-state index in [0.717, 1.165) is 27.9 Å². The highest BCUT2D eigenvalue weighted by Gasteiger charge is 2.13. The van der Waals surface area contributed by atoms with Crippen LogP contribution in [0.4, 0.5) is 8.78 Å². The van der Waals surface area contributed by atoms with Gasteiger partial charge in [-0.25, -0.2) is 8.78 Å². The number of nitrogens with zero attached hydrogens (tertiary/aromatic N) is 2. The van der Waals surface area contributed by atoms with Crippen molar-refractivity contribution in [3.05, 3.63) is 64.0 Å². The zero-order valence-electron chi connectivity index (χ0n) is 12.7. The van der Waals surface area contributed by atoms with E-state index in [1.54, 1.807) is 4.57 Å². The molecule has 0 unspecified atom stereocenters. The highest BCUT2D eigenvalue weighted by atomic mass is 32.1. The van der Waals surface area contributed by atoms with Crippen LogP contribution in [0.25, 0.3) is 10.2 Å². The number of thiazole rings is 1. The zero-order chi connectivity index (χ0) is 17.3. The van der Waals surface area contributed by atoms with Gasteiger partial charge in [0, 0.05) is 6.07 Å². The highest BCUT2D eigenvalue weighted by Crippen LogP contribution is 2.19. The maximum Gasteiger partial charge on any atom is 0.282 e. The maximum absolute atomic E-state index is 13.8. The standard InChI is InChI=1S/C18H12F2N2OS/c1-3-8-22-15-7-4-11(2)9-16(15)24-18(22)21-17(23)13-6-5-12(19)10-14(13)20/h1,4-7,9-10H,8H2,2H3. The van der Waals surface area contributed by atoms with Crippen LogP contribution in [-0.4, -0.2) is 10.5 Å². The molecule has 0 N–H and O–H groups in total. The van der Waals surface area contributed by atoms with Crippen molar-refractivity contribution in [1.29, 1.82) is 0 Å².